The van der Waals surface area contributed by atoms with Crippen LogP contribution < -0.4 is 0 Å². The second-order valence-corrected chi connectivity index (χ2v) is 7.27. The molecule has 2 aromatic rings. The minimum Gasteiger partial charge on any atom is -0.345 e. The number of likely N-dealkylation sites (N-methyl/N-ethyl adjacent to an activating group) is 1. The van der Waals surface area contributed by atoms with Crippen LogP contribution in [-0.2, 0) is 6.42 Å². The van der Waals surface area contributed by atoms with E-state index in [4.69, 9.17) is 4.99 Å². The number of hydrogen-bond acceptors (Lipinski definition) is 2. The number of aliphatic imine (C=N–C) groups is 1. The van der Waals surface area contributed by atoms with E-state index in [1.165, 1.54) is 29.8 Å². The summed E-state index contributed by atoms with van der Waals surface area (Å²) in [5, 5.41) is 0. The number of nitrogens with zero attached hydrogens (tertiary/aromatic N) is 3. The van der Waals surface area contributed by atoms with Crippen LogP contribution in [0.3, 0.4) is 0 Å². The van der Waals surface area contributed by atoms with Gasteiger partial charge in [-0.05, 0) is 17.2 Å². The lowest BCUT2D eigenvalue weighted by Gasteiger charge is -2.40. The molecule has 0 aliphatic carbocycles. The van der Waals surface area contributed by atoms with E-state index in [1.807, 2.05) is 0 Å². The number of hydrogen-bond donors (Lipinski definition) is 0. The number of fused-ring (bicyclic) bond motifs is 2. The Labute approximate surface area is 138 Å². The molecular formula is C20H24N3+. The molecule has 1 fully saturated rings. The first-order valence-electron chi connectivity index (χ1n) is 8.44. The summed E-state index contributed by atoms with van der Waals surface area (Å²) in [5.74, 6) is 1.16. The van der Waals surface area contributed by atoms with Crippen LogP contribution in [0.1, 0.15) is 16.7 Å². The van der Waals surface area contributed by atoms with Crippen LogP contribution in [0.25, 0.3) is 0 Å². The van der Waals surface area contributed by atoms with Crippen molar-refractivity contribution in [3.8, 4) is 0 Å². The summed E-state index contributed by atoms with van der Waals surface area (Å²) < 4.78 is 1.10. The van der Waals surface area contributed by atoms with E-state index >= 15 is 0 Å². The summed E-state index contributed by atoms with van der Waals surface area (Å²) in [5.41, 5.74) is 5.13. The monoisotopic (exact) mass is 306 g/mol. The van der Waals surface area contributed by atoms with Crippen LogP contribution in [0.5, 0.6) is 0 Å². The lowest BCUT2D eigenvalue weighted by atomic mass is 9.99. The summed E-state index contributed by atoms with van der Waals surface area (Å²) in [7, 11) is 4.63. The van der Waals surface area contributed by atoms with Crippen molar-refractivity contribution >= 4 is 11.5 Å². The van der Waals surface area contributed by atoms with Gasteiger partial charge >= 0.3 is 0 Å². The second kappa shape index (κ2) is 5.50. The zero-order valence-corrected chi connectivity index (χ0v) is 14.0. The third-order valence-electron chi connectivity index (χ3n) is 5.11. The summed E-state index contributed by atoms with van der Waals surface area (Å²) >= 11 is 0. The zero-order valence-electron chi connectivity index (χ0n) is 14.0. The molecular weight excluding hydrogens is 282 g/mol. The molecule has 0 amide bonds. The summed E-state index contributed by atoms with van der Waals surface area (Å²) in [6, 6.07) is 17.3. The van der Waals surface area contributed by atoms with Crippen molar-refractivity contribution in [2.45, 2.75) is 6.42 Å². The minimum absolute atomic E-state index is 0.967. The Kier molecular flexibility index (Phi) is 3.46. The van der Waals surface area contributed by atoms with Gasteiger partial charge in [0.05, 0.1) is 46.0 Å². The average Bonchev–Trinajstić information content (AvgIpc) is 2.71. The van der Waals surface area contributed by atoms with Crippen LogP contribution in [0.15, 0.2) is 53.5 Å². The molecule has 0 unspecified atom stereocenters. The maximum Gasteiger partial charge on any atom is 0.137 e. The third kappa shape index (κ3) is 2.77. The summed E-state index contributed by atoms with van der Waals surface area (Å²) in [6.45, 7) is 4.48. The molecule has 23 heavy (non-hydrogen) atoms. The van der Waals surface area contributed by atoms with Crippen molar-refractivity contribution in [3.63, 3.8) is 0 Å². The van der Waals surface area contributed by atoms with Crippen molar-refractivity contribution < 1.29 is 4.48 Å². The number of amidine groups is 1. The molecule has 0 radical (unpaired) electrons. The first-order chi connectivity index (χ1) is 11.1. The average molecular weight is 306 g/mol. The van der Waals surface area contributed by atoms with Crippen molar-refractivity contribution in [2.75, 3.05) is 40.3 Å². The maximum atomic E-state index is 5.09. The Morgan fingerprint density at radius 2 is 1.52 bits per heavy atom. The number of quaternary nitrogens is 1. The molecule has 0 bridgehead atoms. The highest BCUT2D eigenvalue weighted by Crippen LogP contribution is 2.29. The van der Waals surface area contributed by atoms with Gasteiger partial charge in [-0.1, -0.05) is 42.5 Å². The molecule has 4 rings (SSSR count). The van der Waals surface area contributed by atoms with Gasteiger partial charge in [0.1, 0.15) is 5.84 Å². The molecule has 0 saturated carbocycles. The Hall–Kier alpha value is -2.13. The van der Waals surface area contributed by atoms with E-state index in [2.05, 4.69) is 67.5 Å². The fraction of sp³-hybridized carbons (Fsp3) is 0.350. The molecule has 2 aliphatic rings. The summed E-state index contributed by atoms with van der Waals surface area (Å²) in [4.78, 5) is 7.56. The van der Waals surface area contributed by atoms with Gasteiger partial charge in [0.25, 0.3) is 0 Å². The van der Waals surface area contributed by atoms with Crippen LogP contribution in [-0.4, -0.2) is 55.5 Å². The van der Waals surface area contributed by atoms with E-state index < -0.39 is 0 Å². The van der Waals surface area contributed by atoms with Crippen molar-refractivity contribution in [1.82, 2.24) is 4.90 Å². The smallest absolute Gasteiger partial charge is 0.137 e. The van der Waals surface area contributed by atoms with Crippen molar-refractivity contribution in [3.05, 3.63) is 65.2 Å². The summed E-state index contributed by atoms with van der Waals surface area (Å²) in [6.07, 6.45) is 0.967. The Balaban J connectivity index is 1.79. The number of benzene rings is 2. The van der Waals surface area contributed by atoms with Gasteiger partial charge < -0.3 is 9.38 Å². The Morgan fingerprint density at radius 3 is 2.30 bits per heavy atom. The highest BCUT2D eigenvalue weighted by atomic mass is 15.4. The van der Waals surface area contributed by atoms with E-state index in [1.54, 1.807) is 0 Å². The van der Waals surface area contributed by atoms with E-state index in [-0.39, 0.29) is 0 Å². The lowest BCUT2D eigenvalue weighted by Crippen LogP contribution is -2.56. The molecule has 0 atom stereocenters. The topological polar surface area (TPSA) is 15.6 Å². The van der Waals surface area contributed by atoms with Gasteiger partial charge in [-0.3, -0.25) is 0 Å². The fourth-order valence-electron chi connectivity index (χ4n) is 3.50. The predicted molar refractivity (Wildman–Crippen MR) is 95.3 cm³/mol. The number of piperazine rings is 1. The van der Waals surface area contributed by atoms with Crippen molar-refractivity contribution in [2.24, 2.45) is 4.99 Å². The quantitative estimate of drug-likeness (QED) is 0.683. The molecule has 0 N–H and O–H groups in total. The zero-order chi connectivity index (χ0) is 15.9. The molecule has 2 heterocycles. The van der Waals surface area contributed by atoms with Gasteiger partial charge in [-0.25, -0.2) is 4.99 Å². The van der Waals surface area contributed by atoms with Crippen molar-refractivity contribution in [1.29, 1.82) is 0 Å². The number of rotatable bonds is 0. The van der Waals surface area contributed by atoms with Crippen LogP contribution in [0, 0.1) is 0 Å². The number of para-hydroxylation sites is 1. The van der Waals surface area contributed by atoms with Gasteiger partial charge in [0.15, 0.2) is 0 Å². The standard InChI is InChI=1S/C20H24N3/c1-23(2)13-11-22(12-14-23)20-18-9-5-3-7-16(18)15-17-8-4-6-10-19(17)21-20/h3-10H,11-15H2,1-2H3/q+1. The molecule has 2 aromatic carbocycles. The Morgan fingerprint density at radius 1 is 0.870 bits per heavy atom. The van der Waals surface area contributed by atoms with Gasteiger partial charge in [-0.15, -0.1) is 0 Å². The minimum atomic E-state index is 0.967. The van der Waals surface area contributed by atoms with Gasteiger partial charge in [0.2, 0.25) is 0 Å². The maximum absolute atomic E-state index is 5.09. The lowest BCUT2D eigenvalue weighted by molar-refractivity contribution is -0.894. The third-order valence-corrected chi connectivity index (χ3v) is 5.11. The largest absolute Gasteiger partial charge is 0.345 e. The first kappa shape index (κ1) is 14.5. The first-order valence-corrected chi connectivity index (χ1v) is 8.44. The molecule has 2 aliphatic heterocycles. The normalized spacial score (nSPS) is 19.4. The van der Waals surface area contributed by atoms with Gasteiger partial charge in [-0.2, -0.15) is 0 Å². The SMILES string of the molecule is C[N+]1(C)CCN(C2=Nc3ccccc3Cc3ccccc32)CC1. The molecule has 0 spiro atoms. The Bertz CT molecular complexity index is 751. The highest BCUT2D eigenvalue weighted by Gasteiger charge is 2.28. The molecule has 1 saturated heterocycles. The predicted octanol–water partition coefficient (Wildman–Crippen LogP) is 3.06. The second-order valence-electron chi connectivity index (χ2n) is 7.27. The van der Waals surface area contributed by atoms with Gasteiger partial charge in [0, 0.05) is 12.0 Å². The molecule has 118 valence electrons. The molecule has 0 aromatic heterocycles. The molecule has 3 nitrogen and oxygen atoms in total. The highest BCUT2D eigenvalue weighted by molar-refractivity contribution is 6.02. The van der Waals surface area contributed by atoms with Crippen LogP contribution in [0.4, 0.5) is 5.69 Å². The van der Waals surface area contributed by atoms with E-state index in [0.717, 1.165) is 35.5 Å². The van der Waals surface area contributed by atoms with Crippen LogP contribution >= 0.6 is 0 Å². The van der Waals surface area contributed by atoms with E-state index in [9.17, 15) is 0 Å². The van der Waals surface area contributed by atoms with E-state index in [0.29, 0.717) is 0 Å². The van der Waals surface area contributed by atoms with Crippen LogP contribution in [0.2, 0.25) is 0 Å². The molecule has 3 heteroatoms. The fourth-order valence-corrected chi connectivity index (χ4v) is 3.50.